The van der Waals surface area contributed by atoms with E-state index in [0.717, 1.165) is 54.3 Å². The number of carboxylic acids is 3. The molecule has 2 radical (unpaired) electrons. The Morgan fingerprint density at radius 2 is 0.729 bits per heavy atom. The summed E-state index contributed by atoms with van der Waals surface area (Å²) in [6, 6.07) is 0. The average Bonchev–Trinajstić information content (AvgIpc) is 3.00. The van der Waals surface area contributed by atoms with Crippen LogP contribution in [-0.4, -0.2) is 90.3 Å². The van der Waals surface area contributed by atoms with Crippen LogP contribution in [0.3, 0.4) is 0 Å². The van der Waals surface area contributed by atoms with E-state index in [1.54, 1.807) is 0 Å². The number of hydrogen-bond donors (Lipinski definition) is 3. The van der Waals surface area contributed by atoms with E-state index in [1.807, 2.05) is 0 Å². The van der Waals surface area contributed by atoms with Crippen LogP contribution in [0.2, 0.25) is 4.44 Å². The molecule has 0 aromatic heterocycles. The summed E-state index contributed by atoms with van der Waals surface area (Å²) in [5.41, 5.74) is 0. The predicted molar refractivity (Wildman–Crippen MR) is 220 cm³/mol. The molecule has 6 nitrogen and oxygen atoms in total. The molecule has 0 aliphatic rings. The number of carboxylic acid groups (broad SMARTS) is 3. The van der Waals surface area contributed by atoms with Crippen molar-refractivity contribution in [2.24, 2.45) is 17.8 Å². The van der Waals surface area contributed by atoms with Crippen molar-refractivity contribution >= 4 is 75.7 Å². The van der Waals surface area contributed by atoms with Gasteiger partial charge in [-0.1, -0.05) is 99.3 Å². The van der Waals surface area contributed by atoms with Gasteiger partial charge in [0.15, 0.2) is 0 Å². The molecule has 0 heterocycles. The van der Waals surface area contributed by atoms with Crippen LogP contribution in [0.4, 0.5) is 0 Å². The predicted octanol–water partition coefficient (Wildman–Crippen LogP) is 11.7. The third-order valence-electron chi connectivity index (χ3n) is 6.94. The number of carbonyl (C=O) groups is 3. The second-order valence-corrected chi connectivity index (χ2v) is 18.6. The Morgan fingerprint density at radius 3 is 0.979 bits per heavy atom. The molecule has 0 aliphatic carbocycles. The van der Waals surface area contributed by atoms with Gasteiger partial charge in [0.1, 0.15) is 0 Å². The minimum absolute atomic E-state index is 0.254. The first kappa shape index (κ1) is 55.0. The van der Waals surface area contributed by atoms with E-state index in [-0.39, 0.29) is 17.3 Å². The summed E-state index contributed by atoms with van der Waals surface area (Å²) in [4.78, 5) is 30.5. The third kappa shape index (κ3) is 72.1. The first-order chi connectivity index (χ1) is 22.8. The zero-order valence-electron chi connectivity index (χ0n) is 32.3. The van der Waals surface area contributed by atoms with Crippen molar-refractivity contribution in [3.05, 3.63) is 0 Å². The Bertz CT molecular complexity index is 584. The maximum atomic E-state index is 10.2. The summed E-state index contributed by atoms with van der Waals surface area (Å²) in [6.07, 6.45) is 23.7. The molecule has 0 atom stereocenters. The molecule has 0 rings (SSSR count). The zero-order chi connectivity index (χ0) is 37.3. The second kappa shape index (κ2) is 47.3. The van der Waals surface area contributed by atoms with Crippen molar-refractivity contribution in [1.82, 2.24) is 0 Å². The van der Waals surface area contributed by atoms with E-state index in [0.29, 0.717) is 0 Å². The Morgan fingerprint density at radius 1 is 0.458 bits per heavy atom. The van der Waals surface area contributed by atoms with Gasteiger partial charge in [0.2, 0.25) is 0 Å². The van der Waals surface area contributed by atoms with Crippen molar-refractivity contribution in [2.75, 3.05) is 34.5 Å². The van der Waals surface area contributed by atoms with Crippen LogP contribution in [0.5, 0.6) is 0 Å². The Kier molecular flexibility index (Phi) is 54.2. The molecule has 0 fully saturated rings. The number of unbranched alkanes of at least 4 members (excludes halogenated alkanes) is 11. The van der Waals surface area contributed by atoms with E-state index >= 15 is 0 Å². The van der Waals surface area contributed by atoms with Gasteiger partial charge in [-0.2, -0.15) is 35.3 Å². The quantitative estimate of drug-likeness (QED) is 0.0480. The Hall–Kier alpha value is 0.259. The molecule has 0 aromatic carbocycles. The van der Waals surface area contributed by atoms with Gasteiger partial charge in [-0.25, -0.2) is 0 Å². The van der Waals surface area contributed by atoms with E-state index in [1.165, 1.54) is 159 Å². The van der Waals surface area contributed by atoms with E-state index in [9.17, 15) is 14.4 Å². The number of rotatable bonds is 30. The fourth-order valence-electron chi connectivity index (χ4n) is 4.20. The van der Waals surface area contributed by atoms with Crippen LogP contribution >= 0.6 is 35.3 Å². The van der Waals surface area contributed by atoms with Crippen LogP contribution in [0.15, 0.2) is 0 Å². The molecular formula is C38H78O6S3Sn. The first-order valence-corrected chi connectivity index (χ1v) is 24.7. The van der Waals surface area contributed by atoms with E-state index in [2.05, 4.69) is 48.5 Å². The molecule has 288 valence electrons. The first-order valence-electron chi connectivity index (χ1n) is 18.9. The van der Waals surface area contributed by atoms with Crippen LogP contribution in [-0.2, 0) is 14.4 Å². The summed E-state index contributed by atoms with van der Waals surface area (Å²) in [7, 11) is 0. The molecule has 0 saturated carbocycles. The summed E-state index contributed by atoms with van der Waals surface area (Å²) >= 11 is 6.02. The standard InChI is InChI=1S/3C10H20O2S.C8H17.Sn.H/c3*1-9(2)6-4-3-5-7-13-8-10(11)12;1-3-5-7-8-6-4-2;;/h3*9H,3-8H2,1-2H3,(H,11,12);1,3-8H2,2H3;;. The normalized spacial score (nSPS) is 10.6. The minimum atomic E-state index is -0.702. The van der Waals surface area contributed by atoms with Crippen LogP contribution in [0.1, 0.15) is 164 Å². The number of hydrogen-bond acceptors (Lipinski definition) is 6. The SMILES string of the molecule is CC(C)CCCCCSCC(=O)O.CC(C)CCCCCSCC(=O)O.CC(C)CCCCCSCC(=O)O.CCCCCCC[CH2][SnH]. The van der Waals surface area contributed by atoms with Gasteiger partial charge >= 0.3 is 90.3 Å². The zero-order valence-corrected chi connectivity index (χ0v) is 38.0. The fourth-order valence-corrected chi connectivity index (χ4v) is 7.21. The van der Waals surface area contributed by atoms with Crippen molar-refractivity contribution in [2.45, 2.75) is 168 Å². The van der Waals surface area contributed by atoms with Gasteiger partial charge in [0, 0.05) is 0 Å². The van der Waals surface area contributed by atoms with Gasteiger partial charge in [-0.15, -0.1) is 0 Å². The molecule has 3 N–H and O–H groups in total. The van der Waals surface area contributed by atoms with Crippen LogP contribution in [0.25, 0.3) is 0 Å². The summed E-state index contributed by atoms with van der Waals surface area (Å²) in [5.74, 6) is 4.02. The molecule has 48 heavy (non-hydrogen) atoms. The van der Waals surface area contributed by atoms with Crippen molar-refractivity contribution in [3.63, 3.8) is 0 Å². The summed E-state index contributed by atoms with van der Waals surface area (Å²) in [6.45, 7) is 15.7. The maximum absolute atomic E-state index is 10.2. The third-order valence-corrected chi connectivity index (χ3v) is 11.2. The van der Waals surface area contributed by atoms with Crippen LogP contribution < -0.4 is 0 Å². The monoisotopic (exact) mass is 846 g/mol. The van der Waals surface area contributed by atoms with Gasteiger partial charge in [0.05, 0.1) is 17.3 Å². The summed E-state index contributed by atoms with van der Waals surface area (Å²) in [5, 5.41) is 25.1. The molecule has 0 aliphatic heterocycles. The molecular weight excluding hydrogens is 767 g/mol. The van der Waals surface area contributed by atoms with Gasteiger partial charge in [0.25, 0.3) is 0 Å². The fraction of sp³-hybridized carbons (Fsp3) is 0.921. The molecule has 0 amide bonds. The van der Waals surface area contributed by atoms with E-state index < -0.39 is 17.9 Å². The molecule has 10 heteroatoms. The molecule has 0 bridgehead atoms. The molecule has 0 saturated heterocycles. The second-order valence-electron chi connectivity index (χ2n) is 13.6. The van der Waals surface area contributed by atoms with Crippen LogP contribution in [0, 0.1) is 17.8 Å². The van der Waals surface area contributed by atoms with Crippen molar-refractivity contribution in [1.29, 1.82) is 0 Å². The van der Waals surface area contributed by atoms with E-state index in [4.69, 9.17) is 15.3 Å². The van der Waals surface area contributed by atoms with Crippen molar-refractivity contribution in [3.8, 4) is 0 Å². The van der Waals surface area contributed by atoms with Crippen molar-refractivity contribution < 1.29 is 29.7 Å². The average molecular weight is 846 g/mol. The molecule has 0 unspecified atom stereocenters. The van der Waals surface area contributed by atoms with Gasteiger partial charge in [-0.05, 0) is 54.3 Å². The Labute approximate surface area is 324 Å². The van der Waals surface area contributed by atoms with Gasteiger partial charge in [-0.3, -0.25) is 14.4 Å². The Balaban J connectivity index is -0.000000271. The number of thioether (sulfide) groups is 3. The topological polar surface area (TPSA) is 112 Å². The molecule has 0 aromatic rings. The van der Waals surface area contributed by atoms with Gasteiger partial charge < -0.3 is 15.3 Å². The molecule has 0 spiro atoms. The summed E-state index contributed by atoms with van der Waals surface area (Å²) < 4.78 is 1.50. The number of aliphatic carboxylic acids is 3.